The molecule has 9 rings (SSSR count). The van der Waals surface area contributed by atoms with Crippen LogP contribution in [0.4, 0.5) is 11.4 Å². The molecule has 0 radical (unpaired) electrons. The molecular formula is C37H33N3O5. The van der Waals surface area contributed by atoms with Crippen molar-refractivity contribution >= 4 is 40.9 Å². The van der Waals surface area contributed by atoms with Gasteiger partial charge in [0.1, 0.15) is 0 Å². The van der Waals surface area contributed by atoms with Gasteiger partial charge in [-0.25, -0.2) is 9.80 Å². The Hall–Kier alpha value is -4.85. The van der Waals surface area contributed by atoms with Crippen LogP contribution in [-0.4, -0.2) is 35.1 Å². The predicted octanol–water partition coefficient (Wildman–Crippen LogP) is 5.06. The molecule has 2 heterocycles. The molecule has 3 aromatic carbocycles. The van der Waals surface area contributed by atoms with E-state index in [1.807, 2.05) is 18.2 Å². The van der Waals surface area contributed by atoms with E-state index in [9.17, 15) is 24.0 Å². The van der Waals surface area contributed by atoms with Crippen molar-refractivity contribution in [3.63, 3.8) is 0 Å². The number of hydrogen-bond donors (Lipinski definition) is 1. The van der Waals surface area contributed by atoms with Gasteiger partial charge in [0.15, 0.2) is 0 Å². The third kappa shape index (κ3) is 3.68. The summed E-state index contributed by atoms with van der Waals surface area (Å²) in [5.41, 5.74) is -0.407. The smallest absolute Gasteiger partial charge is 0.252 e. The number of benzene rings is 3. The molecule has 45 heavy (non-hydrogen) atoms. The summed E-state index contributed by atoms with van der Waals surface area (Å²) in [4.78, 5) is 75.5. The number of allylic oxidation sites excluding steroid dienone is 1. The quantitative estimate of drug-likeness (QED) is 0.334. The number of amides is 5. The summed E-state index contributed by atoms with van der Waals surface area (Å²) in [5, 5.41) is 3.18. The molecule has 0 aromatic heterocycles. The predicted molar refractivity (Wildman–Crippen MR) is 167 cm³/mol. The van der Waals surface area contributed by atoms with E-state index in [1.165, 1.54) is 9.80 Å². The van der Waals surface area contributed by atoms with Crippen LogP contribution in [0.25, 0.3) is 0 Å². The van der Waals surface area contributed by atoms with E-state index < -0.39 is 52.3 Å². The molecule has 5 amide bonds. The van der Waals surface area contributed by atoms with Crippen LogP contribution < -0.4 is 15.1 Å². The largest absolute Gasteiger partial charge is 0.341 e. The van der Waals surface area contributed by atoms with E-state index in [2.05, 4.69) is 5.32 Å². The van der Waals surface area contributed by atoms with Crippen molar-refractivity contribution in [2.45, 2.75) is 44.1 Å². The van der Waals surface area contributed by atoms with E-state index >= 15 is 0 Å². The number of anilines is 2. The fourth-order valence-electron chi connectivity index (χ4n) is 9.30. The van der Waals surface area contributed by atoms with Gasteiger partial charge in [0.2, 0.25) is 23.6 Å². The number of hydrogen-bond acceptors (Lipinski definition) is 5. The van der Waals surface area contributed by atoms with Gasteiger partial charge in [-0.15, -0.1) is 0 Å². The van der Waals surface area contributed by atoms with Gasteiger partial charge >= 0.3 is 0 Å². The Bertz CT molecular complexity index is 1690. The lowest BCUT2D eigenvalue weighted by molar-refractivity contribution is -0.154. The van der Waals surface area contributed by atoms with Gasteiger partial charge in [-0.05, 0) is 55.7 Å². The van der Waals surface area contributed by atoms with Crippen LogP contribution in [0, 0.1) is 29.1 Å². The molecule has 8 heteroatoms. The van der Waals surface area contributed by atoms with Gasteiger partial charge in [-0.3, -0.25) is 24.0 Å². The molecule has 4 atom stereocenters. The molecule has 4 fully saturated rings. The first-order valence-corrected chi connectivity index (χ1v) is 15.9. The van der Waals surface area contributed by atoms with E-state index in [0.29, 0.717) is 29.8 Å². The number of carbonyl (C=O) groups excluding carboxylic acids is 5. The summed E-state index contributed by atoms with van der Waals surface area (Å²) >= 11 is 0. The summed E-state index contributed by atoms with van der Waals surface area (Å²) in [6.45, 7) is 0. The van der Waals surface area contributed by atoms with Crippen molar-refractivity contribution in [1.29, 1.82) is 0 Å². The van der Waals surface area contributed by atoms with Crippen LogP contribution in [-0.2, 0) is 19.2 Å². The molecule has 2 saturated carbocycles. The van der Waals surface area contributed by atoms with Crippen LogP contribution in [0.5, 0.6) is 0 Å². The van der Waals surface area contributed by atoms with Gasteiger partial charge in [0.25, 0.3) is 5.91 Å². The van der Waals surface area contributed by atoms with Gasteiger partial charge in [0, 0.05) is 11.0 Å². The van der Waals surface area contributed by atoms with Crippen molar-refractivity contribution in [3.05, 3.63) is 108 Å². The van der Waals surface area contributed by atoms with Crippen LogP contribution in [0.2, 0.25) is 0 Å². The third-order valence-electron chi connectivity index (χ3n) is 10.9. The molecule has 4 aliphatic carbocycles. The molecule has 8 nitrogen and oxygen atoms in total. The van der Waals surface area contributed by atoms with Gasteiger partial charge in [-0.2, -0.15) is 0 Å². The Morgan fingerprint density at radius 3 is 1.60 bits per heavy atom. The lowest BCUT2D eigenvalue weighted by atomic mass is 9.40. The number of imide groups is 2. The molecule has 2 aliphatic heterocycles. The highest BCUT2D eigenvalue weighted by Gasteiger charge is 2.81. The lowest BCUT2D eigenvalue weighted by Crippen LogP contribution is -2.73. The fourth-order valence-corrected chi connectivity index (χ4v) is 9.30. The van der Waals surface area contributed by atoms with E-state index in [4.69, 9.17) is 0 Å². The second-order valence-electron chi connectivity index (χ2n) is 13.0. The molecule has 3 aromatic rings. The summed E-state index contributed by atoms with van der Waals surface area (Å²) in [5.74, 6) is -5.96. The van der Waals surface area contributed by atoms with Crippen LogP contribution in [0.3, 0.4) is 0 Å². The number of para-hydroxylation sites is 2. The third-order valence-corrected chi connectivity index (χ3v) is 10.9. The van der Waals surface area contributed by atoms with Crippen LogP contribution in [0.1, 0.15) is 48.9 Å². The van der Waals surface area contributed by atoms with Gasteiger partial charge in [0.05, 0.1) is 40.6 Å². The van der Waals surface area contributed by atoms with E-state index in [1.54, 1.807) is 78.9 Å². The highest BCUT2D eigenvalue weighted by Crippen LogP contribution is 2.70. The normalized spacial score (nSPS) is 32.0. The minimum atomic E-state index is -1.58. The second kappa shape index (κ2) is 10.1. The second-order valence-corrected chi connectivity index (χ2v) is 13.0. The first-order valence-electron chi connectivity index (χ1n) is 15.9. The highest BCUT2D eigenvalue weighted by molar-refractivity contribution is 6.28. The molecule has 2 bridgehead atoms. The van der Waals surface area contributed by atoms with Gasteiger partial charge in [-0.1, -0.05) is 85.5 Å². The zero-order valence-electron chi connectivity index (χ0n) is 24.7. The summed E-state index contributed by atoms with van der Waals surface area (Å²) < 4.78 is 0. The Labute approximate surface area is 261 Å². The zero-order chi connectivity index (χ0) is 30.9. The maximum atomic E-state index is 14.8. The molecule has 226 valence electrons. The summed E-state index contributed by atoms with van der Waals surface area (Å²) in [6, 6.07) is 26.3. The monoisotopic (exact) mass is 599 g/mol. The number of rotatable bonds is 4. The minimum absolute atomic E-state index is 0.363. The molecular weight excluding hydrogens is 566 g/mol. The average Bonchev–Trinajstić information content (AvgIpc) is 3.50. The molecule has 6 aliphatic rings. The Balaban J connectivity index is 1.39. The maximum absolute atomic E-state index is 14.8. The van der Waals surface area contributed by atoms with Crippen LogP contribution >= 0.6 is 0 Å². The summed E-state index contributed by atoms with van der Waals surface area (Å²) in [7, 11) is 0. The molecule has 1 spiro atoms. The molecule has 1 N–H and O–H groups in total. The first-order chi connectivity index (χ1) is 21.9. The Kier molecular flexibility index (Phi) is 6.21. The lowest BCUT2D eigenvalue weighted by Gasteiger charge is -2.62. The van der Waals surface area contributed by atoms with Crippen molar-refractivity contribution in [1.82, 2.24) is 5.32 Å². The molecule has 2 saturated heterocycles. The van der Waals surface area contributed by atoms with Crippen LogP contribution in [0.15, 0.2) is 103 Å². The average molecular weight is 600 g/mol. The summed E-state index contributed by atoms with van der Waals surface area (Å²) in [6.07, 6.45) is 6.68. The van der Waals surface area contributed by atoms with Crippen molar-refractivity contribution in [3.8, 4) is 0 Å². The van der Waals surface area contributed by atoms with Gasteiger partial charge < -0.3 is 5.32 Å². The maximum Gasteiger partial charge on any atom is 0.252 e. The Morgan fingerprint density at radius 2 is 1.07 bits per heavy atom. The van der Waals surface area contributed by atoms with Crippen molar-refractivity contribution < 1.29 is 24.0 Å². The number of carbonyl (C=O) groups is 5. The van der Waals surface area contributed by atoms with E-state index in [-0.39, 0.29) is 11.8 Å². The topological polar surface area (TPSA) is 104 Å². The standard InChI is InChI=1S/C37H33N3O5/c41-31(23-14-6-3-7-15-23)38-37-22-24-16-8-1-2-13-21-36(24,27-29(37)34(44)39(32(27)42)25-17-9-4-10-18-25)28-30(37)35(45)40(33(28)43)26-19-11-5-12-20-26/h3-7,9-12,14-15,17-20,22,27-30H,1-2,8,13,16,21H2,(H,38,41). The van der Waals surface area contributed by atoms with E-state index in [0.717, 1.165) is 31.3 Å². The van der Waals surface area contributed by atoms with Crippen molar-refractivity contribution in [2.75, 3.05) is 9.80 Å². The number of nitrogens with one attached hydrogen (secondary N) is 1. The SMILES string of the molecule is O=C(NC12C=C3CCCCCCC3(C3C(=O)N(c4ccccc4)C(=O)C31)C1C(=O)N(c3ccccc3)C(=O)C12)c1ccccc1. The minimum Gasteiger partial charge on any atom is -0.341 e. The zero-order valence-corrected chi connectivity index (χ0v) is 24.7. The first kappa shape index (κ1) is 27.7. The highest BCUT2D eigenvalue weighted by atomic mass is 16.2. The van der Waals surface area contributed by atoms with Crippen molar-refractivity contribution in [2.24, 2.45) is 29.1 Å². The molecule has 4 unspecified atom stereocenters. The fraction of sp³-hybridized carbons (Fsp3) is 0.324. The number of nitrogens with zero attached hydrogens (tertiary/aromatic N) is 2. The Morgan fingerprint density at radius 1 is 0.600 bits per heavy atom.